The van der Waals surface area contributed by atoms with Gasteiger partial charge in [-0.25, -0.2) is 9.78 Å². The van der Waals surface area contributed by atoms with Gasteiger partial charge in [-0.1, -0.05) is 17.7 Å². The Hall–Kier alpha value is -2.48. The first-order chi connectivity index (χ1) is 13.2. The lowest BCUT2D eigenvalue weighted by Crippen LogP contribution is -2.38. The number of aryl methyl sites for hydroxylation is 1. The molecule has 0 bridgehead atoms. The van der Waals surface area contributed by atoms with Crippen molar-refractivity contribution in [2.24, 2.45) is 0 Å². The van der Waals surface area contributed by atoms with E-state index in [1.165, 1.54) is 6.07 Å². The Bertz CT molecular complexity index is 842. The number of anilines is 2. The van der Waals surface area contributed by atoms with Gasteiger partial charge in [-0.3, -0.25) is 0 Å². The Labute approximate surface area is 166 Å². The van der Waals surface area contributed by atoms with Crippen molar-refractivity contribution in [3.63, 3.8) is 0 Å². The van der Waals surface area contributed by atoms with E-state index in [1.54, 1.807) is 17.0 Å². The van der Waals surface area contributed by atoms with E-state index in [0.29, 0.717) is 49.1 Å². The van der Waals surface area contributed by atoms with E-state index in [2.05, 4.69) is 10.3 Å². The second kappa shape index (κ2) is 8.26. The van der Waals surface area contributed by atoms with E-state index in [1.807, 2.05) is 17.9 Å². The summed E-state index contributed by atoms with van der Waals surface area (Å²) >= 11 is 6.09. The normalized spacial score (nSPS) is 15.3. The van der Waals surface area contributed by atoms with Crippen LogP contribution >= 0.6 is 11.6 Å². The number of pyridine rings is 1. The maximum Gasteiger partial charge on any atom is 0.417 e. The molecule has 1 aromatic heterocycles. The summed E-state index contributed by atoms with van der Waals surface area (Å²) in [5.41, 5.74) is 0.768. The Kier molecular flexibility index (Phi) is 5.98. The number of rotatable bonds is 2. The molecule has 0 unspecified atom stereocenters. The fraction of sp³-hybridized carbons (Fsp3) is 0.368. The monoisotopic (exact) mass is 412 g/mol. The second-order valence-corrected chi connectivity index (χ2v) is 7.03. The van der Waals surface area contributed by atoms with Crippen molar-refractivity contribution in [2.45, 2.75) is 19.5 Å². The Balaban J connectivity index is 1.61. The number of benzene rings is 1. The van der Waals surface area contributed by atoms with Gasteiger partial charge < -0.3 is 15.1 Å². The molecule has 1 saturated heterocycles. The van der Waals surface area contributed by atoms with Crippen LogP contribution in [0.15, 0.2) is 36.5 Å². The number of hydrogen-bond donors (Lipinski definition) is 1. The van der Waals surface area contributed by atoms with Crippen LogP contribution in [0, 0.1) is 6.92 Å². The minimum atomic E-state index is -4.40. The van der Waals surface area contributed by atoms with Crippen LogP contribution in [-0.2, 0) is 6.18 Å². The summed E-state index contributed by atoms with van der Waals surface area (Å²) < 4.78 is 38.0. The summed E-state index contributed by atoms with van der Waals surface area (Å²) in [5.74, 6) is 0.473. The van der Waals surface area contributed by atoms with Crippen molar-refractivity contribution < 1.29 is 18.0 Å². The van der Waals surface area contributed by atoms with Crippen molar-refractivity contribution in [3.05, 3.63) is 52.7 Å². The molecule has 1 aromatic carbocycles. The molecule has 0 radical (unpaired) electrons. The van der Waals surface area contributed by atoms with Gasteiger partial charge >= 0.3 is 12.2 Å². The van der Waals surface area contributed by atoms with E-state index in [0.717, 1.165) is 17.8 Å². The molecule has 28 heavy (non-hydrogen) atoms. The zero-order valence-corrected chi connectivity index (χ0v) is 16.0. The number of nitrogens with zero attached hydrogens (tertiary/aromatic N) is 3. The molecule has 2 heterocycles. The molecule has 0 atom stereocenters. The molecule has 3 rings (SSSR count). The van der Waals surface area contributed by atoms with Gasteiger partial charge in [0.25, 0.3) is 0 Å². The van der Waals surface area contributed by atoms with Crippen LogP contribution in [0.3, 0.4) is 0 Å². The standard InChI is InChI=1S/C19H20ClF3N4O/c1-13-3-5-15(11-16(13)20)25-18(28)27-8-2-7-26(9-10-27)17-6-4-14(12-24-17)19(21,22)23/h3-6,11-12H,2,7-10H2,1H3,(H,25,28). The first-order valence-electron chi connectivity index (χ1n) is 8.84. The Morgan fingerprint density at radius 2 is 1.93 bits per heavy atom. The number of hydrogen-bond acceptors (Lipinski definition) is 3. The third-order valence-corrected chi connectivity index (χ3v) is 5.01. The van der Waals surface area contributed by atoms with Crippen molar-refractivity contribution in [1.82, 2.24) is 9.88 Å². The smallest absolute Gasteiger partial charge is 0.355 e. The molecule has 1 aliphatic heterocycles. The van der Waals surface area contributed by atoms with Gasteiger partial charge in [-0.05, 0) is 43.2 Å². The maximum atomic E-state index is 12.7. The first-order valence-corrected chi connectivity index (χ1v) is 9.22. The zero-order valence-electron chi connectivity index (χ0n) is 15.3. The highest BCUT2D eigenvalue weighted by Crippen LogP contribution is 2.29. The lowest BCUT2D eigenvalue weighted by Gasteiger charge is -2.23. The van der Waals surface area contributed by atoms with Gasteiger partial charge in [0.05, 0.1) is 5.56 Å². The van der Waals surface area contributed by atoms with Gasteiger partial charge in [-0.15, -0.1) is 0 Å². The Morgan fingerprint density at radius 3 is 2.57 bits per heavy atom. The lowest BCUT2D eigenvalue weighted by molar-refractivity contribution is -0.137. The van der Waals surface area contributed by atoms with Crippen LogP contribution in [-0.4, -0.2) is 42.1 Å². The molecule has 5 nitrogen and oxygen atoms in total. The van der Waals surface area contributed by atoms with Crippen LogP contribution in [0.4, 0.5) is 29.5 Å². The molecule has 0 saturated carbocycles. The van der Waals surface area contributed by atoms with Crippen molar-refractivity contribution in [2.75, 3.05) is 36.4 Å². The van der Waals surface area contributed by atoms with Gasteiger partial charge in [0.2, 0.25) is 0 Å². The molecule has 0 aliphatic carbocycles. The third-order valence-electron chi connectivity index (χ3n) is 4.61. The average Bonchev–Trinajstić information content (AvgIpc) is 2.90. The summed E-state index contributed by atoms with van der Waals surface area (Å²) in [6.07, 6.45) is -2.88. The highest BCUT2D eigenvalue weighted by Gasteiger charge is 2.31. The molecule has 9 heteroatoms. The van der Waals surface area contributed by atoms with Crippen LogP contribution in [0.25, 0.3) is 0 Å². The summed E-state index contributed by atoms with van der Waals surface area (Å²) in [5, 5.41) is 3.41. The SMILES string of the molecule is Cc1ccc(NC(=O)N2CCCN(c3ccc(C(F)(F)F)cn3)CC2)cc1Cl. The first kappa shape index (κ1) is 20.3. The van der Waals surface area contributed by atoms with Gasteiger partial charge in [-0.2, -0.15) is 13.2 Å². The summed E-state index contributed by atoms with van der Waals surface area (Å²) in [6.45, 7) is 3.96. The predicted molar refractivity (Wildman–Crippen MR) is 103 cm³/mol. The quantitative estimate of drug-likeness (QED) is 0.770. The van der Waals surface area contributed by atoms with Gasteiger partial charge in [0.15, 0.2) is 0 Å². The number of amides is 2. The van der Waals surface area contributed by atoms with E-state index in [9.17, 15) is 18.0 Å². The highest BCUT2D eigenvalue weighted by molar-refractivity contribution is 6.31. The van der Waals surface area contributed by atoms with Crippen molar-refractivity contribution in [3.8, 4) is 0 Å². The molecule has 2 aromatic rings. The maximum absolute atomic E-state index is 12.7. The zero-order chi connectivity index (χ0) is 20.3. The third kappa shape index (κ3) is 4.86. The fourth-order valence-electron chi connectivity index (χ4n) is 2.96. The summed E-state index contributed by atoms with van der Waals surface area (Å²) in [7, 11) is 0. The lowest BCUT2D eigenvalue weighted by atomic mass is 10.2. The number of aromatic nitrogens is 1. The van der Waals surface area contributed by atoms with E-state index < -0.39 is 11.7 Å². The largest absolute Gasteiger partial charge is 0.417 e. The second-order valence-electron chi connectivity index (χ2n) is 6.62. The van der Waals surface area contributed by atoms with E-state index >= 15 is 0 Å². The number of carbonyl (C=O) groups is 1. The molecule has 2 amide bonds. The van der Waals surface area contributed by atoms with Crippen LogP contribution < -0.4 is 10.2 Å². The minimum absolute atomic E-state index is 0.234. The van der Waals surface area contributed by atoms with Crippen molar-refractivity contribution in [1.29, 1.82) is 0 Å². The van der Waals surface area contributed by atoms with Crippen LogP contribution in [0.5, 0.6) is 0 Å². The molecule has 1 fully saturated rings. The number of nitrogens with one attached hydrogen (secondary N) is 1. The number of alkyl halides is 3. The topological polar surface area (TPSA) is 48.5 Å². The minimum Gasteiger partial charge on any atom is -0.355 e. The molecular weight excluding hydrogens is 393 g/mol. The summed E-state index contributed by atoms with van der Waals surface area (Å²) in [6, 6.07) is 7.48. The van der Waals surface area contributed by atoms with Gasteiger partial charge in [0, 0.05) is 43.1 Å². The van der Waals surface area contributed by atoms with Gasteiger partial charge in [0.1, 0.15) is 5.82 Å². The highest BCUT2D eigenvalue weighted by atomic mass is 35.5. The molecule has 1 N–H and O–H groups in total. The fourth-order valence-corrected chi connectivity index (χ4v) is 3.14. The average molecular weight is 413 g/mol. The number of halogens is 4. The summed E-state index contributed by atoms with van der Waals surface area (Å²) in [4.78, 5) is 20.0. The predicted octanol–water partition coefficient (Wildman–Crippen LogP) is 4.81. The van der Waals surface area contributed by atoms with E-state index in [4.69, 9.17) is 11.6 Å². The van der Waals surface area contributed by atoms with E-state index in [-0.39, 0.29) is 6.03 Å². The van der Waals surface area contributed by atoms with Crippen LogP contribution in [0.2, 0.25) is 5.02 Å². The molecule has 150 valence electrons. The molecule has 0 spiro atoms. The van der Waals surface area contributed by atoms with Crippen molar-refractivity contribution >= 4 is 29.1 Å². The molecule has 1 aliphatic rings. The molecular formula is C19H20ClF3N4O. The number of urea groups is 1. The number of carbonyl (C=O) groups excluding carboxylic acids is 1. The Morgan fingerprint density at radius 1 is 1.14 bits per heavy atom. The van der Waals surface area contributed by atoms with Crippen LogP contribution in [0.1, 0.15) is 17.5 Å².